The Kier molecular flexibility index (Phi) is 3.54. The molecule has 1 saturated heterocycles. The van der Waals surface area contributed by atoms with Crippen molar-refractivity contribution in [1.29, 1.82) is 0 Å². The molecule has 1 aromatic rings. The Morgan fingerprint density at radius 1 is 1.53 bits per heavy atom. The highest BCUT2D eigenvalue weighted by Gasteiger charge is 2.26. The number of likely N-dealkylation sites (N-methyl/N-ethyl adjacent to an activating group) is 1. The van der Waals surface area contributed by atoms with Crippen LogP contribution in [0.2, 0.25) is 0 Å². The van der Waals surface area contributed by atoms with Gasteiger partial charge in [0.15, 0.2) is 0 Å². The van der Waals surface area contributed by atoms with Crippen molar-refractivity contribution in [3.05, 3.63) is 18.2 Å². The molecule has 96 valence electrons. The van der Waals surface area contributed by atoms with Gasteiger partial charge >= 0.3 is 0 Å². The van der Waals surface area contributed by atoms with Crippen LogP contribution in [0.25, 0.3) is 0 Å². The normalized spacial score (nSPS) is 22.9. The van der Waals surface area contributed by atoms with Crippen LogP contribution in [0.4, 0.5) is 0 Å². The SMILES string of the molecule is CCN1CCCC(n2cncc2C(C)(C)N)C1. The van der Waals surface area contributed by atoms with Gasteiger partial charge in [0.25, 0.3) is 0 Å². The third-order valence-electron chi connectivity index (χ3n) is 3.65. The van der Waals surface area contributed by atoms with Crippen molar-refractivity contribution in [3.8, 4) is 0 Å². The zero-order valence-electron chi connectivity index (χ0n) is 11.2. The Hall–Kier alpha value is -0.870. The summed E-state index contributed by atoms with van der Waals surface area (Å²) in [7, 11) is 0. The van der Waals surface area contributed by atoms with E-state index in [1.54, 1.807) is 0 Å². The summed E-state index contributed by atoms with van der Waals surface area (Å²) in [5.74, 6) is 0. The molecule has 2 heterocycles. The first kappa shape index (κ1) is 12.6. The van der Waals surface area contributed by atoms with E-state index >= 15 is 0 Å². The van der Waals surface area contributed by atoms with Gasteiger partial charge in [0.2, 0.25) is 0 Å². The second kappa shape index (κ2) is 4.78. The van der Waals surface area contributed by atoms with E-state index in [2.05, 4.69) is 21.4 Å². The van der Waals surface area contributed by atoms with Crippen LogP contribution in [0.15, 0.2) is 12.5 Å². The summed E-state index contributed by atoms with van der Waals surface area (Å²) in [6.07, 6.45) is 6.34. The highest BCUT2D eigenvalue weighted by atomic mass is 15.2. The van der Waals surface area contributed by atoms with E-state index in [9.17, 15) is 0 Å². The van der Waals surface area contributed by atoms with Crippen LogP contribution in [0.5, 0.6) is 0 Å². The van der Waals surface area contributed by atoms with Crippen LogP contribution in [0.3, 0.4) is 0 Å². The molecule has 17 heavy (non-hydrogen) atoms. The molecule has 1 fully saturated rings. The lowest BCUT2D eigenvalue weighted by atomic mass is 10.00. The van der Waals surface area contributed by atoms with E-state index in [0.29, 0.717) is 6.04 Å². The molecule has 1 unspecified atom stereocenters. The fourth-order valence-corrected chi connectivity index (χ4v) is 2.64. The molecule has 0 aromatic carbocycles. The maximum Gasteiger partial charge on any atom is 0.0951 e. The Morgan fingerprint density at radius 2 is 2.29 bits per heavy atom. The van der Waals surface area contributed by atoms with Crippen molar-refractivity contribution >= 4 is 0 Å². The van der Waals surface area contributed by atoms with Crippen LogP contribution >= 0.6 is 0 Å². The minimum Gasteiger partial charge on any atom is -0.329 e. The van der Waals surface area contributed by atoms with Gasteiger partial charge in [-0.1, -0.05) is 6.92 Å². The minimum atomic E-state index is -0.314. The summed E-state index contributed by atoms with van der Waals surface area (Å²) in [5, 5.41) is 0. The highest BCUT2D eigenvalue weighted by Crippen LogP contribution is 2.26. The van der Waals surface area contributed by atoms with E-state index < -0.39 is 0 Å². The van der Waals surface area contributed by atoms with Crippen molar-refractivity contribution in [2.24, 2.45) is 5.73 Å². The molecule has 1 aliphatic heterocycles. The molecule has 0 aliphatic carbocycles. The first-order valence-corrected chi connectivity index (χ1v) is 6.56. The van der Waals surface area contributed by atoms with Gasteiger partial charge in [-0.2, -0.15) is 0 Å². The van der Waals surface area contributed by atoms with Crippen LogP contribution in [0.1, 0.15) is 45.3 Å². The monoisotopic (exact) mass is 236 g/mol. The lowest BCUT2D eigenvalue weighted by molar-refractivity contribution is 0.181. The highest BCUT2D eigenvalue weighted by molar-refractivity contribution is 5.11. The second-order valence-electron chi connectivity index (χ2n) is 5.60. The zero-order valence-corrected chi connectivity index (χ0v) is 11.2. The van der Waals surface area contributed by atoms with Gasteiger partial charge in [-0.05, 0) is 39.8 Å². The van der Waals surface area contributed by atoms with E-state index in [1.807, 2.05) is 26.4 Å². The first-order valence-electron chi connectivity index (χ1n) is 6.56. The molecule has 0 bridgehead atoms. The zero-order chi connectivity index (χ0) is 12.5. The Balaban J connectivity index is 2.19. The average molecular weight is 236 g/mol. The molecule has 0 saturated carbocycles. The van der Waals surface area contributed by atoms with Crippen molar-refractivity contribution < 1.29 is 0 Å². The smallest absolute Gasteiger partial charge is 0.0951 e. The van der Waals surface area contributed by atoms with Gasteiger partial charge in [0.05, 0.1) is 17.6 Å². The predicted molar refractivity (Wildman–Crippen MR) is 69.8 cm³/mol. The van der Waals surface area contributed by atoms with Crippen molar-refractivity contribution in [2.45, 2.75) is 45.2 Å². The number of nitrogens with two attached hydrogens (primary N) is 1. The number of nitrogens with zero attached hydrogens (tertiary/aromatic N) is 3. The fourth-order valence-electron chi connectivity index (χ4n) is 2.64. The third kappa shape index (κ3) is 2.69. The van der Waals surface area contributed by atoms with Crippen molar-refractivity contribution in [2.75, 3.05) is 19.6 Å². The standard InChI is InChI=1S/C13H24N4/c1-4-16-7-5-6-11(9-16)17-10-15-8-12(17)13(2,3)14/h8,10-11H,4-7,9,14H2,1-3H3. The van der Waals surface area contributed by atoms with Crippen molar-refractivity contribution in [1.82, 2.24) is 14.5 Å². The van der Waals surface area contributed by atoms with Gasteiger partial charge in [0.1, 0.15) is 0 Å². The summed E-state index contributed by atoms with van der Waals surface area (Å²) >= 11 is 0. The van der Waals surface area contributed by atoms with Gasteiger partial charge < -0.3 is 15.2 Å². The number of aromatic nitrogens is 2. The number of likely N-dealkylation sites (tertiary alicyclic amines) is 1. The van der Waals surface area contributed by atoms with Gasteiger partial charge in [0, 0.05) is 18.8 Å². The Bertz CT molecular complexity index is 364. The number of rotatable bonds is 3. The maximum atomic E-state index is 6.20. The molecule has 0 radical (unpaired) electrons. The lowest BCUT2D eigenvalue weighted by Gasteiger charge is -2.35. The predicted octanol–water partition coefficient (Wildman–Crippen LogP) is 1.73. The molecule has 4 heteroatoms. The number of hydrogen-bond acceptors (Lipinski definition) is 3. The van der Waals surface area contributed by atoms with E-state index in [4.69, 9.17) is 5.73 Å². The summed E-state index contributed by atoms with van der Waals surface area (Å²) in [4.78, 5) is 6.78. The molecule has 0 spiro atoms. The summed E-state index contributed by atoms with van der Waals surface area (Å²) in [5.41, 5.74) is 7.03. The van der Waals surface area contributed by atoms with Crippen LogP contribution in [-0.4, -0.2) is 34.1 Å². The quantitative estimate of drug-likeness (QED) is 0.869. The largest absolute Gasteiger partial charge is 0.329 e. The number of imidazole rings is 1. The minimum absolute atomic E-state index is 0.314. The van der Waals surface area contributed by atoms with Crippen molar-refractivity contribution in [3.63, 3.8) is 0 Å². The molecule has 2 rings (SSSR count). The van der Waals surface area contributed by atoms with Crippen LogP contribution in [0, 0.1) is 0 Å². The fraction of sp³-hybridized carbons (Fsp3) is 0.769. The summed E-state index contributed by atoms with van der Waals surface area (Å²) in [6.45, 7) is 9.79. The molecule has 1 aromatic heterocycles. The summed E-state index contributed by atoms with van der Waals surface area (Å²) < 4.78 is 2.28. The molecule has 2 N–H and O–H groups in total. The Labute approximate surface area is 104 Å². The molecular weight excluding hydrogens is 212 g/mol. The molecule has 1 atom stereocenters. The first-order chi connectivity index (χ1) is 8.02. The number of hydrogen-bond donors (Lipinski definition) is 1. The van der Waals surface area contributed by atoms with E-state index in [0.717, 1.165) is 18.8 Å². The van der Waals surface area contributed by atoms with Gasteiger partial charge in [-0.15, -0.1) is 0 Å². The van der Waals surface area contributed by atoms with Gasteiger partial charge in [-0.25, -0.2) is 4.98 Å². The average Bonchev–Trinajstić information content (AvgIpc) is 2.77. The summed E-state index contributed by atoms with van der Waals surface area (Å²) in [6, 6.07) is 0.532. The second-order valence-corrected chi connectivity index (χ2v) is 5.60. The molecule has 4 nitrogen and oxygen atoms in total. The van der Waals surface area contributed by atoms with Crippen LogP contribution in [-0.2, 0) is 5.54 Å². The molecular formula is C13H24N4. The van der Waals surface area contributed by atoms with Crippen LogP contribution < -0.4 is 5.73 Å². The topological polar surface area (TPSA) is 47.1 Å². The van der Waals surface area contributed by atoms with Gasteiger partial charge in [-0.3, -0.25) is 0 Å². The maximum absolute atomic E-state index is 6.20. The lowest BCUT2D eigenvalue weighted by Crippen LogP contribution is -2.39. The van der Waals surface area contributed by atoms with E-state index in [1.165, 1.54) is 19.4 Å². The molecule has 1 aliphatic rings. The number of piperidine rings is 1. The third-order valence-corrected chi connectivity index (χ3v) is 3.65. The van der Waals surface area contributed by atoms with E-state index in [-0.39, 0.29) is 5.54 Å². The Morgan fingerprint density at radius 3 is 2.94 bits per heavy atom. The molecule has 0 amide bonds.